The molecule has 0 bridgehead atoms. The van der Waals surface area contributed by atoms with E-state index in [9.17, 15) is 18.0 Å². The maximum absolute atomic E-state index is 14.0. The van der Waals surface area contributed by atoms with Crippen LogP contribution in [-0.4, -0.2) is 54.0 Å². The molecule has 0 atom stereocenters. The van der Waals surface area contributed by atoms with Crippen LogP contribution in [0.1, 0.15) is 58.4 Å². The molecule has 0 spiro atoms. The predicted octanol–water partition coefficient (Wildman–Crippen LogP) is 5.79. The van der Waals surface area contributed by atoms with Gasteiger partial charge in [0.1, 0.15) is 5.75 Å². The van der Waals surface area contributed by atoms with E-state index in [2.05, 4.69) is 16.5 Å². The van der Waals surface area contributed by atoms with Crippen LogP contribution in [-0.2, 0) is 23.0 Å². The van der Waals surface area contributed by atoms with Crippen molar-refractivity contribution in [2.45, 2.75) is 57.2 Å². The number of ketones is 1. The Kier molecular flexibility index (Phi) is 8.24. The average molecular weight is 602 g/mol. The fourth-order valence-corrected chi connectivity index (χ4v) is 8.00. The number of ether oxygens (including phenoxy) is 1. The number of aromatic nitrogens is 2. The van der Waals surface area contributed by atoms with E-state index in [-0.39, 0.29) is 24.2 Å². The van der Waals surface area contributed by atoms with Crippen LogP contribution in [0.25, 0.3) is 22.0 Å². The van der Waals surface area contributed by atoms with Gasteiger partial charge in [-0.15, -0.1) is 6.58 Å². The number of allylic oxidation sites excluding steroid dienone is 1. The second-order valence-electron chi connectivity index (χ2n) is 11.9. The molecule has 0 saturated heterocycles. The van der Waals surface area contributed by atoms with E-state index in [1.54, 1.807) is 25.3 Å². The van der Waals surface area contributed by atoms with E-state index in [0.29, 0.717) is 58.3 Å². The molecule has 1 aliphatic carbocycles. The summed E-state index contributed by atoms with van der Waals surface area (Å²) in [4.78, 5) is 31.5. The largest absolute Gasteiger partial charge is 0.496 e. The zero-order valence-electron chi connectivity index (χ0n) is 25.5. The van der Waals surface area contributed by atoms with Crippen LogP contribution in [0, 0.1) is 13.8 Å². The maximum atomic E-state index is 14.0. The van der Waals surface area contributed by atoms with E-state index >= 15 is 0 Å². The number of pyridine rings is 1. The van der Waals surface area contributed by atoms with Crippen molar-refractivity contribution in [3.8, 4) is 16.9 Å². The molecule has 226 valence electrons. The van der Waals surface area contributed by atoms with Gasteiger partial charge in [0.2, 0.25) is 10.0 Å². The van der Waals surface area contributed by atoms with Crippen molar-refractivity contribution in [2.24, 2.45) is 0 Å². The lowest BCUT2D eigenvalue weighted by Crippen LogP contribution is -2.28. The topological polar surface area (TPSA) is 101 Å². The van der Waals surface area contributed by atoms with Crippen molar-refractivity contribution in [1.82, 2.24) is 13.9 Å². The van der Waals surface area contributed by atoms with Crippen molar-refractivity contribution >= 4 is 26.7 Å². The SMILES string of the molecule is C=CCC1(S(=O)(=O)n2cc(C)c3c(C(=O)CCc4c(OC)cc(C)[nH]c4=O)cc(-c4ccc(CN(C)C)cc4)cc32)CC1. The summed E-state index contributed by atoms with van der Waals surface area (Å²) < 4.78 is 34.0. The number of aromatic amines is 1. The molecule has 1 saturated carbocycles. The number of fused-ring (bicyclic) bond motifs is 1. The Balaban J connectivity index is 1.63. The summed E-state index contributed by atoms with van der Waals surface area (Å²) in [7, 11) is 1.76. The number of carbonyl (C=O) groups is 1. The molecule has 0 unspecified atom stereocenters. The van der Waals surface area contributed by atoms with Gasteiger partial charge in [-0.2, -0.15) is 0 Å². The smallest absolute Gasteiger partial charge is 0.255 e. The molecule has 1 fully saturated rings. The molecular formula is C34H39N3O5S. The standard InChI is InChI=1S/C34H39N3O5S/c1-7-14-34(15-16-34)43(40,41)37-20-22(2)32-28(30(38)13-12-27-31(42-6)17-23(3)35-33(27)39)18-26(19-29(32)37)25-10-8-24(9-11-25)21-36(4)5/h7-11,17-20H,1,12-16,21H2,2-6H3,(H,35,39). The number of nitrogens with one attached hydrogen (secondary N) is 1. The van der Waals surface area contributed by atoms with Crippen molar-refractivity contribution < 1.29 is 17.9 Å². The molecule has 8 nitrogen and oxygen atoms in total. The normalized spacial score (nSPS) is 14.3. The summed E-state index contributed by atoms with van der Waals surface area (Å²) in [5.74, 6) is 0.264. The number of rotatable bonds is 12. The second-order valence-corrected chi connectivity index (χ2v) is 14.1. The molecule has 0 amide bonds. The number of nitrogens with zero attached hydrogens (tertiary/aromatic N) is 2. The molecular weight excluding hydrogens is 562 g/mol. The first kappa shape index (κ1) is 30.5. The number of hydrogen-bond acceptors (Lipinski definition) is 6. The van der Waals surface area contributed by atoms with E-state index in [4.69, 9.17) is 4.74 Å². The molecule has 1 aliphatic rings. The first-order valence-corrected chi connectivity index (χ1v) is 15.9. The van der Waals surface area contributed by atoms with Gasteiger partial charge in [0, 0.05) is 35.8 Å². The third-order valence-corrected chi connectivity index (χ3v) is 10.8. The van der Waals surface area contributed by atoms with Gasteiger partial charge in [-0.05, 0) is 94.1 Å². The summed E-state index contributed by atoms with van der Waals surface area (Å²) in [6.45, 7) is 8.19. The minimum atomic E-state index is -3.76. The van der Waals surface area contributed by atoms with Crippen LogP contribution in [0.2, 0.25) is 0 Å². The van der Waals surface area contributed by atoms with E-state index in [1.807, 2.05) is 57.4 Å². The first-order chi connectivity index (χ1) is 20.4. The monoisotopic (exact) mass is 601 g/mol. The fraction of sp³-hybridized carbons (Fsp3) is 0.353. The quantitative estimate of drug-likeness (QED) is 0.163. The van der Waals surface area contributed by atoms with E-state index in [0.717, 1.165) is 23.2 Å². The Morgan fingerprint density at radius 2 is 1.81 bits per heavy atom. The number of methoxy groups -OCH3 is 1. The lowest BCUT2D eigenvalue weighted by Gasteiger charge is -2.17. The van der Waals surface area contributed by atoms with Crippen LogP contribution in [0.4, 0.5) is 0 Å². The molecule has 9 heteroatoms. The highest BCUT2D eigenvalue weighted by atomic mass is 32.2. The Labute approximate surface area is 253 Å². The fourth-order valence-electron chi connectivity index (χ4n) is 5.93. The van der Waals surface area contributed by atoms with Crippen molar-refractivity contribution in [3.05, 3.63) is 99.6 Å². The summed E-state index contributed by atoms with van der Waals surface area (Å²) >= 11 is 0. The van der Waals surface area contributed by atoms with Crippen molar-refractivity contribution in [3.63, 3.8) is 0 Å². The minimum Gasteiger partial charge on any atom is -0.496 e. The Bertz CT molecular complexity index is 1880. The van der Waals surface area contributed by atoms with Gasteiger partial charge in [0.05, 0.1) is 22.9 Å². The number of aryl methyl sites for hydroxylation is 2. The van der Waals surface area contributed by atoms with Gasteiger partial charge < -0.3 is 14.6 Å². The van der Waals surface area contributed by atoms with Gasteiger partial charge in [0.15, 0.2) is 5.78 Å². The van der Waals surface area contributed by atoms with Crippen LogP contribution in [0.15, 0.2) is 66.1 Å². The summed E-state index contributed by atoms with van der Waals surface area (Å²) in [6.07, 6.45) is 5.07. The number of Topliss-reactive ketones (excluding diaryl/α,β-unsaturated/α-hetero) is 1. The lowest BCUT2D eigenvalue weighted by atomic mass is 9.94. The number of benzene rings is 2. The van der Waals surface area contributed by atoms with Gasteiger partial charge in [-0.3, -0.25) is 9.59 Å². The Morgan fingerprint density at radius 1 is 1.12 bits per heavy atom. The molecule has 2 aromatic carbocycles. The van der Waals surface area contributed by atoms with Crippen molar-refractivity contribution in [2.75, 3.05) is 21.2 Å². The molecule has 0 aliphatic heterocycles. The first-order valence-electron chi connectivity index (χ1n) is 14.5. The highest BCUT2D eigenvalue weighted by Crippen LogP contribution is 2.49. The van der Waals surface area contributed by atoms with Gasteiger partial charge in [-0.1, -0.05) is 30.3 Å². The molecule has 2 aromatic heterocycles. The van der Waals surface area contributed by atoms with Crippen LogP contribution in [0.3, 0.4) is 0 Å². The van der Waals surface area contributed by atoms with Gasteiger partial charge in [-0.25, -0.2) is 12.4 Å². The minimum absolute atomic E-state index is 0.0561. The van der Waals surface area contributed by atoms with Crippen LogP contribution < -0.4 is 10.3 Å². The molecule has 4 aromatic rings. The zero-order valence-corrected chi connectivity index (χ0v) is 26.3. The second kappa shape index (κ2) is 11.6. The lowest BCUT2D eigenvalue weighted by molar-refractivity contribution is 0.0984. The summed E-state index contributed by atoms with van der Waals surface area (Å²) in [6, 6.07) is 13.5. The molecule has 2 heterocycles. The Hall–Kier alpha value is -3.95. The molecule has 0 radical (unpaired) electrons. The number of hydrogen-bond donors (Lipinski definition) is 1. The highest BCUT2D eigenvalue weighted by Gasteiger charge is 2.54. The zero-order chi connectivity index (χ0) is 31.1. The molecule has 5 rings (SSSR count). The molecule has 1 N–H and O–H groups in total. The molecule has 43 heavy (non-hydrogen) atoms. The third kappa shape index (κ3) is 5.71. The van der Waals surface area contributed by atoms with Gasteiger partial charge >= 0.3 is 0 Å². The summed E-state index contributed by atoms with van der Waals surface area (Å²) in [5, 5.41) is 0.612. The van der Waals surface area contributed by atoms with E-state index < -0.39 is 14.8 Å². The average Bonchev–Trinajstić information content (AvgIpc) is 3.68. The summed E-state index contributed by atoms with van der Waals surface area (Å²) in [5.41, 5.74) is 5.19. The maximum Gasteiger partial charge on any atom is 0.255 e. The number of H-pyrrole nitrogens is 1. The van der Waals surface area contributed by atoms with Crippen LogP contribution >= 0.6 is 0 Å². The van der Waals surface area contributed by atoms with Crippen molar-refractivity contribution in [1.29, 1.82) is 0 Å². The predicted molar refractivity (Wildman–Crippen MR) is 172 cm³/mol. The van der Waals surface area contributed by atoms with Crippen LogP contribution in [0.5, 0.6) is 5.75 Å². The highest BCUT2D eigenvalue weighted by molar-refractivity contribution is 7.91. The number of carbonyl (C=O) groups excluding carboxylic acids is 1. The third-order valence-electron chi connectivity index (χ3n) is 8.33. The van der Waals surface area contributed by atoms with E-state index in [1.165, 1.54) is 11.1 Å². The van der Waals surface area contributed by atoms with Gasteiger partial charge in [0.25, 0.3) is 5.56 Å². The Morgan fingerprint density at radius 3 is 2.42 bits per heavy atom.